The molecule has 4 rings (SSSR count). The number of nitrogens with one attached hydrogen (secondary N) is 1. The highest BCUT2D eigenvalue weighted by Gasteiger charge is 2.17. The smallest absolute Gasteiger partial charge is 0.263 e. The number of fused-ring (bicyclic) bond motifs is 1. The summed E-state index contributed by atoms with van der Waals surface area (Å²) in [5, 5.41) is 1.11. The molecule has 1 aliphatic rings. The zero-order valence-corrected chi connectivity index (χ0v) is 14.6. The highest BCUT2D eigenvalue weighted by molar-refractivity contribution is 5.89. The van der Waals surface area contributed by atoms with Gasteiger partial charge in [0, 0.05) is 29.6 Å². The average molecular weight is 350 g/mol. The molecule has 1 unspecified atom stereocenters. The summed E-state index contributed by atoms with van der Waals surface area (Å²) in [5.74, 6) is -0.197. The van der Waals surface area contributed by atoms with E-state index >= 15 is 0 Å². The first-order chi connectivity index (χ1) is 12.8. The zero-order valence-electron chi connectivity index (χ0n) is 14.6. The van der Waals surface area contributed by atoms with E-state index in [0.29, 0.717) is 6.61 Å². The van der Waals surface area contributed by atoms with Crippen molar-refractivity contribution < 1.29 is 14.4 Å². The van der Waals surface area contributed by atoms with Gasteiger partial charge in [-0.05, 0) is 30.5 Å². The molecule has 26 heavy (non-hydrogen) atoms. The number of rotatable bonds is 5. The summed E-state index contributed by atoms with van der Waals surface area (Å²) in [4.78, 5) is 17.9. The number of para-hydroxylation sites is 1. The lowest BCUT2D eigenvalue weighted by atomic mass is 10.1. The summed E-state index contributed by atoms with van der Waals surface area (Å²) in [7, 11) is 0. The van der Waals surface area contributed by atoms with Gasteiger partial charge in [0.2, 0.25) is 0 Å². The minimum atomic E-state index is -0.345. The first-order valence-electron chi connectivity index (χ1n) is 9.01. The molecule has 0 saturated carbocycles. The van der Waals surface area contributed by atoms with Crippen LogP contribution >= 0.6 is 0 Å². The largest absolute Gasteiger partial charge is 0.350 e. The van der Waals surface area contributed by atoms with Gasteiger partial charge in [-0.2, -0.15) is 0 Å². The molecule has 0 spiro atoms. The van der Waals surface area contributed by atoms with Crippen molar-refractivity contribution in [2.24, 2.45) is 0 Å². The normalized spacial score (nSPS) is 17.3. The molecular formula is C21H22N2O3. The van der Waals surface area contributed by atoms with Gasteiger partial charge in [0.1, 0.15) is 6.54 Å². The van der Waals surface area contributed by atoms with E-state index in [9.17, 15) is 4.79 Å². The first-order valence-corrected chi connectivity index (χ1v) is 9.01. The molecule has 0 aliphatic carbocycles. The van der Waals surface area contributed by atoms with Crippen LogP contribution in [0.15, 0.2) is 60.7 Å². The molecule has 0 bridgehead atoms. The molecular weight excluding hydrogens is 328 g/mol. The zero-order chi connectivity index (χ0) is 17.8. The Bertz CT molecular complexity index is 883. The number of aromatic nitrogens is 1. The minimum absolute atomic E-state index is 0.185. The van der Waals surface area contributed by atoms with Gasteiger partial charge in [0.05, 0.1) is 0 Å². The number of hydrogen-bond acceptors (Lipinski definition) is 3. The van der Waals surface area contributed by atoms with Crippen LogP contribution in [0.2, 0.25) is 0 Å². The Labute approximate surface area is 152 Å². The number of hydrogen-bond donors (Lipinski definition) is 1. The van der Waals surface area contributed by atoms with E-state index in [-0.39, 0.29) is 18.7 Å². The maximum atomic E-state index is 12.5. The van der Waals surface area contributed by atoms with Crippen molar-refractivity contribution in [1.82, 2.24) is 10.0 Å². The van der Waals surface area contributed by atoms with Crippen LogP contribution in [0.25, 0.3) is 22.2 Å². The van der Waals surface area contributed by atoms with Crippen LogP contribution < -0.4 is 5.48 Å². The number of ether oxygens (including phenoxy) is 1. The SMILES string of the molecule is O=C(Cn1c(-c2ccccc2)cc2ccccc21)NOC1CCCCO1. The Morgan fingerprint density at radius 3 is 2.73 bits per heavy atom. The van der Waals surface area contributed by atoms with Gasteiger partial charge in [-0.25, -0.2) is 10.3 Å². The molecule has 1 saturated heterocycles. The number of hydroxylamine groups is 1. The molecule has 3 aromatic rings. The Morgan fingerprint density at radius 2 is 1.92 bits per heavy atom. The number of carbonyl (C=O) groups is 1. The molecule has 134 valence electrons. The summed E-state index contributed by atoms with van der Waals surface area (Å²) in [6.45, 7) is 0.866. The molecule has 1 aliphatic heterocycles. The van der Waals surface area contributed by atoms with Gasteiger partial charge in [-0.1, -0.05) is 48.5 Å². The van der Waals surface area contributed by atoms with Crippen LogP contribution in [0.4, 0.5) is 0 Å². The second-order valence-corrected chi connectivity index (χ2v) is 6.48. The highest BCUT2D eigenvalue weighted by Crippen LogP contribution is 2.28. The third-order valence-corrected chi connectivity index (χ3v) is 4.62. The second-order valence-electron chi connectivity index (χ2n) is 6.48. The van der Waals surface area contributed by atoms with Gasteiger partial charge >= 0.3 is 0 Å². The fraction of sp³-hybridized carbons (Fsp3) is 0.286. The van der Waals surface area contributed by atoms with E-state index in [4.69, 9.17) is 9.57 Å². The van der Waals surface area contributed by atoms with Crippen molar-refractivity contribution in [3.8, 4) is 11.3 Å². The summed E-state index contributed by atoms with van der Waals surface area (Å²) < 4.78 is 7.50. The van der Waals surface area contributed by atoms with Crippen LogP contribution in [0, 0.1) is 0 Å². The van der Waals surface area contributed by atoms with E-state index in [0.717, 1.165) is 41.4 Å². The highest BCUT2D eigenvalue weighted by atomic mass is 16.8. The van der Waals surface area contributed by atoms with Crippen molar-refractivity contribution in [2.45, 2.75) is 32.1 Å². The molecule has 2 aromatic carbocycles. The van der Waals surface area contributed by atoms with E-state index in [2.05, 4.69) is 29.7 Å². The van der Waals surface area contributed by atoms with E-state index in [1.54, 1.807) is 0 Å². The minimum Gasteiger partial charge on any atom is -0.350 e. The van der Waals surface area contributed by atoms with Gasteiger partial charge in [0.25, 0.3) is 5.91 Å². The lowest BCUT2D eigenvalue weighted by molar-refractivity contribution is -0.200. The molecule has 0 radical (unpaired) electrons. The van der Waals surface area contributed by atoms with E-state index in [1.165, 1.54) is 0 Å². The molecule has 2 heterocycles. The summed E-state index contributed by atoms with van der Waals surface area (Å²) in [6.07, 6.45) is 2.56. The quantitative estimate of drug-likeness (QED) is 0.711. The van der Waals surface area contributed by atoms with Crippen molar-refractivity contribution in [3.05, 3.63) is 60.7 Å². The van der Waals surface area contributed by atoms with E-state index < -0.39 is 0 Å². The third kappa shape index (κ3) is 3.64. The molecule has 1 fully saturated rings. The number of benzene rings is 2. The van der Waals surface area contributed by atoms with Crippen molar-refractivity contribution in [1.29, 1.82) is 0 Å². The van der Waals surface area contributed by atoms with Crippen LogP contribution in [-0.4, -0.2) is 23.4 Å². The monoisotopic (exact) mass is 350 g/mol. The van der Waals surface area contributed by atoms with Crippen molar-refractivity contribution >= 4 is 16.8 Å². The van der Waals surface area contributed by atoms with Gasteiger partial charge in [-0.15, -0.1) is 0 Å². The Hall–Kier alpha value is -2.63. The van der Waals surface area contributed by atoms with Crippen LogP contribution in [0.1, 0.15) is 19.3 Å². The lowest BCUT2D eigenvalue weighted by Crippen LogP contribution is -2.35. The molecule has 5 heteroatoms. The Morgan fingerprint density at radius 1 is 1.12 bits per heavy atom. The van der Waals surface area contributed by atoms with Crippen molar-refractivity contribution in [2.75, 3.05) is 6.61 Å². The maximum absolute atomic E-state index is 12.5. The van der Waals surface area contributed by atoms with Crippen molar-refractivity contribution in [3.63, 3.8) is 0 Å². The lowest BCUT2D eigenvalue weighted by Gasteiger charge is -2.22. The van der Waals surface area contributed by atoms with Gasteiger partial charge in [0.15, 0.2) is 6.29 Å². The molecule has 1 amide bonds. The predicted octanol–water partition coefficient (Wildman–Crippen LogP) is 3.88. The number of nitrogens with zero attached hydrogens (tertiary/aromatic N) is 1. The van der Waals surface area contributed by atoms with Gasteiger partial charge < -0.3 is 9.30 Å². The predicted molar refractivity (Wildman–Crippen MR) is 100 cm³/mol. The number of amides is 1. The fourth-order valence-corrected chi connectivity index (χ4v) is 3.34. The summed E-state index contributed by atoms with van der Waals surface area (Å²) in [6, 6.07) is 20.3. The summed E-state index contributed by atoms with van der Waals surface area (Å²) >= 11 is 0. The van der Waals surface area contributed by atoms with Crippen LogP contribution in [0.5, 0.6) is 0 Å². The van der Waals surface area contributed by atoms with Crippen LogP contribution in [0.3, 0.4) is 0 Å². The molecule has 1 atom stereocenters. The molecule has 1 aromatic heterocycles. The fourth-order valence-electron chi connectivity index (χ4n) is 3.34. The Kier molecular flexibility index (Phi) is 5.00. The standard InChI is InChI=1S/C21H22N2O3/c24-20(22-26-21-12-6-7-13-25-21)15-23-18-11-5-4-10-17(18)14-19(23)16-8-2-1-3-9-16/h1-5,8-11,14,21H,6-7,12-13,15H2,(H,22,24). The summed E-state index contributed by atoms with van der Waals surface area (Å²) in [5.41, 5.74) is 5.66. The van der Waals surface area contributed by atoms with Gasteiger partial charge in [-0.3, -0.25) is 4.79 Å². The topological polar surface area (TPSA) is 52.5 Å². The molecule has 1 N–H and O–H groups in total. The Balaban J connectivity index is 1.55. The van der Waals surface area contributed by atoms with E-state index in [1.807, 2.05) is 41.0 Å². The third-order valence-electron chi connectivity index (χ3n) is 4.62. The number of carbonyl (C=O) groups excluding carboxylic acids is 1. The average Bonchev–Trinajstić information content (AvgIpc) is 3.06. The van der Waals surface area contributed by atoms with Crippen LogP contribution in [-0.2, 0) is 20.9 Å². The molecule has 5 nitrogen and oxygen atoms in total. The second kappa shape index (κ2) is 7.72. The first kappa shape index (κ1) is 16.8. The maximum Gasteiger partial charge on any atom is 0.263 e.